The van der Waals surface area contributed by atoms with Crippen LogP contribution in [0.25, 0.3) is 0 Å². The number of carbonyl (C=O) groups is 1. The first-order valence-electron chi connectivity index (χ1n) is 9.31. The van der Waals surface area contributed by atoms with Crippen LogP contribution in [0.4, 0.5) is 11.4 Å². The average Bonchev–Trinajstić information content (AvgIpc) is 2.69. The van der Waals surface area contributed by atoms with E-state index in [1.807, 2.05) is 24.3 Å². The summed E-state index contributed by atoms with van der Waals surface area (Å²) in [6, 6.07) is 13.4. The van der Waals surface area contributed by atoms with Crippen LogP contribution in [0, 0.1) is 0 Å². The number of hydrogen-bond donors (Lipinski definition) is 1. The molecule has 9 heteroatoms. The first-order valence-corrected chi connectivity index (χ1v) is 11.1. The van der Waals surface area contributed by atoms with Crippen LogP contribution in [0.5, 0.6) is 0 Å². The number of sulfonamides is 1. The lowest BCUT2D eigenvalue weighted by Gasteiger charge is -2.34. The molecule has 3 rings (SSSR count). The maximum atomic E-state index is 12.6. The fourth-order valence-electron chi connectivity index (χ4n) is 3.09. The second-order valence-electron chi connectivity index (χ2n) is 7.10. The van der Waals surface area contributed by atoms with Gasteiger partial charge < -0.3 is 15.1 Å². The van der Waals surface area contributed by atoms with Gasteiger partial charge in [0.15, 0.2) is 0 Å². The van der Waals surface area contributed by atoms with Gasteiger partial charge >= 0.3 is 0 Å². The highest BCUT2D eigenvalue weighted by atomic mass is 35.5. The van der Waals surface area contributed by atoms with Crippen molar-refractivity contribution in [1.29, 1.82) is 0 Å². The lowest BCUT2D eigenvalue weighted by atomic mass is 10.2. The molecule has 1 N–H and O–H groups in total. The zero-order valence-corrected chi connectivity index (χ0v) is 18.1. The molecule has 0 aliphatic carbocycles. The van der Waals surface area contributed by atoms with Crippen molar-refractivity contribution in [1.82, 2.24) is 9.21 Å². The van der Waals surface area contributed by atoms with Gasteiger partial charge in [0, 0.05) is 49.6 Å². The maximum Gasteiger partial charge on any atom is 0.243 e. The molecule has 1 heterocycles. The molecule has 0 bridgehead atoms. The highest BCUT2D eigenvalue weighted by molar-refractivity contribution is 7.89. The predicted molar refractivity (Wildman–Crippen MR) is 116 cm³/mol. The summed E-state index contributed by atoms with van der Waals surface area (Å²) < 4.78 is 26.2. The minimum absolute atomic E-state index is 0.0914. The molecule has 29 heavy (non-hydrogen) atoms. The van der Waals surface area contributed by atoms with Crippen molar-refractivity contribution < 1.29 is 13.2 Å². The lowest BCUT2D eigenvalue weighted by Crippen LogP contribution is -2.44. The van der Waals surface area contributed by atoms with Crippen molar-refractivity contribution in [3.05, 3.63) is 53.6 Å². The van der Waals surface area contributed by atoms with Crippen LogP contribution in [0.2, 0.25) is 5.02 Å². The Bertz CT molecular complexity index is 941. The number of anilines is 2. The van der Waals surface area contributed by atoms with E-state index < -0.39 is 15.9 Å². The molecule has 1 amide bonds. The molecule has 2 aromatic rings. The highest BCUT2D eigenvalue weighted by Gasteiger charge is 2.23. The Morgan fingerprint density at radius 2 is 1.62 bits per heavy atom. The Morgan fingerprint density at radius 3 is 2.21 bits per heavy atom. The number of benzene rings is 2. The van der Waals surface area contributed by atoms with Crippen molar-refractivity contribution in [3.8, 4) is 0 Å². The Morgan fingerprint density at radius 1 is 1.03 bits per heavy atom. The third-order valence-electron chi connectivity index (χ3n) is 4.91. The average molecular weight is 437 g/mol. The third kappa shape index (κ3) is 5.48. The standard InChI is InChI=1S/C20H25ClN4O3S/c1-23-11-13-25(14-12-23)18-7-5-17(6-8-18)22-20(26)15-24(2)29(27,28)19-9-3-16(21)4-10-19/h3-10H,11-15H2,1-2H3,(H,22,26). The van der Waals surface area contributed by atoms with Gasteiger partial charge in [-0.15, -0.1) is 0 Å². The third-order valence-corrected chi connectivity index (χ3v) is 6.98. The highest BCUT2D eigenvalue weighted by Crippen LogP contribution is 2.20. The molecule has 0 atom stereocenters. The molecule has 156 valence electrons. The van der Waals surface area contributed by atoms with Crippen LogP contribution in [0.1, 0.15) is 0 Å². The van der Waals surface area contributed by atoms with Gasteiger partial charge in [0.1, 0.15) is 0 Å². The van der Waals surface area contributed by atoms with Crippen LogP contribution in [-0.4, -0.2) is 70.3 Å². The Balaban J connectivity index is 1.58. The molecule has 0 radical (unpaired) electrons. The molecule has 0 spiro atoms. The molecule has 0 unspecified atom stereocenters. The molecular weight excluding hydrogens is 412 g/mol. The zero-order chi connectivity index (χ0) is 21.0. The maximum absolute atomic E-state index is 12.6. The molecule has 1 fully saturated rings. The van der Waals surface area contributed by atoms with Crippen molar-refractivity contribution >= 4 is 38.9 Å². The number of halogens is 1. The minimum Gasteiger partial charge on any atom is -0.369 e. The summed E-state index contributed by atoms with van der Waals surface area (Å²) in [5, 5.41) is 3.20. The van der Waals surface area contributed by atoms with Gasteiger partial charge in [-0.3, -0.25) is 4.79 Å². The van der Waals surface area contributed by atoms with E-state index in [1.165, 1.54) is 31.3 Å². The number of carbonyl (C=O) groups excluding carboxylic acids is 1. The van der Waals surface area contributed by atoms with Crippen molar-refractivity contribution in [2.24, 2.45) is 0 Å². The number of likely N-dealkylation sites (N-methyl/N-ethyl adjacent to an activating group) is 2. The van der Waals surface area contributed by atoms with E-state index in [0.717, 1.165) is 36.2 Å². The number of nitrogens with zero attached hydrogens (tertiary/aromatic N) is 3. The topological polar surface area (TPSA) is 73.0 Å². The molecule has 1 aliphatic rings. The van der Waals surface area contributed by atoms with Gasteiger partial charge in [-0.25, -0.2) is 8.42 Å². The number of nitrogens with one attached hydrogen (secondary N) is 1. The summed E-state index contributed by atoms with van der Waals surface area (Å²) >= 11 is 5.81. The molecule has 2 aromatic carbocycles. The fraction of sp³-hybridized carbons (Fsp3) is 0.350. The normalized spacial score (nSPS) is 15.5. The zero-order valence-electron chi connectivity index (χ0n) is 16.5. The number of rotatable bonds is 6. The van der Waals surface area contributed by atoms with Gasteiger partial charge in [-0.1, -0.05) is 11.6 Å². The van der Waals surface area contributed by atoms with E-state index >= 15 is 0 Å². The SMILES string of the molecule is CN1CCN(c2ccc(NC(=O)CN(C)S(=O)(=O)c3ccc(Cl)cc3)cc2)CC1. The molecular formula is C20H25ClN4O3S. The van der Waals surface area contributed by atoms with E-state index in [2.05, 4.69) is 22.2 Å². The van der Waals surface area contributed by atoms with Crippen LogP contribution in [0.15, 0.2) is 53.4 Å². The van der Waals surface area contributed by atoms with E-state index in [9.17, 15) is 13.2 Å². The lowest BCUT2D eigenvalue weighted by molar-refractivity contribution is -0.116. The van der Waals surface area contributed by atoms with Gasteiger partial charge in [-0.2, -0.15) is 4.31 Å². The smallest absolute Gasteiger partial charge is 0.243 e. The minimum atomic E-state index is -3.77. The van der Waals surface area contributed by atoms with Gasteiger partial charge in [0.2, 0.25) is 15.9 Å². The van der Waals surface area contributed by atoms with Crippen LogP contribution < -0.4 is 10.2 Å². The fourth-order valence-corrected chi connectivity index (χ4v) is 4.35. The van der Waals surface area contributed by atoms with E-state index in [1.54, 1.807) is 0 Å². The predicted octanol–water partition coefficient (Wildman–Crippen LogP) is 2.35. The number of amides is 1. The summed E-state index contributed by atoms with van der Waals surface area (Å²) in [5.74, 6) is -0.405. The second-order valence-corrected chi connectivity index (χ2v) is 9.58. The quantitative estimate of drug-likeness (QED) is 0.752. The summed E-state index contributed by atoms with van der Waals surface area (Å²) in [6.45, 7) is 3.69. The molecule has 1 saturated heterocycles. The van der Waals surface area contributed by atoms with E-state index in [0.29, 0.717) is 10.7 Å². The van der Waals surface area contributed by atoms with Crippen molar-refractivity contribution in [2.75, 3.05) is 57.0 Å². The Labute approximate surface area is 176 Å². The molecule has 7 nitrogen and oxygen atoms in total. The summed E-state index contributed by atoms with van der Waals surface area (Å²) in [4.78, 5) is 17.0. The second kappa shape index (κ2) is 9.13. The number of hydrogen-bond acceptors (Lipinski definition) is 5. The van der Waals surface area contributed by atoms with Crippen LogP contribution >= 0.6 is 11.6 Å². The van der Waals surface area contributed by atoms with Crippen LogP contribution in [0.3, 0.4) is 0 Å². The van der Waals surface area contributed by atoms with Crippen LogP contribution in [-0.2, 0) is 14.8 Å². The Hall–Kier alpha value is -2.13. The molecule has 0 aromatic heterocycles. The van der Waals surface area contributed by atoms with E-state index in [-0.39, 0.29) is 11.4 Å². The summed E-state index contributed by atoms with van der Waals surface area (Å²) in [5.41, 5.74) is 1.74. The molecule has 0 saturated carbocycles. The summed E-state index contributed by atoms with van der Waals surface area (Å²) in [7, 11) is -0.279. The number of piperazine rings is 1. The first kappa shape index (κ1) is 21.6. The van der Waals surface area contributed by atoms with Gasteiger partial charge in [-0.05, 0) is 55.6 Å². The van der Waals surface area contributed by atoms with Crippen molar-refractivity contribution in [2.45, 2.75) is 4.90 Å². The van der Waals surface area contributed by atoms with Crippen molar-refractivity contribution in [3.63, 3.8) is 0 Å². The summed E-state index contributed by atoms with van der Waals surface area (Å²) in [6.07, 6.45) is 0. The largest absolute Gasteiger partial charge is 0.369 e. The van der Waals surface area contributed by atoms with Gasteiger partial charge in [0.05, 0.1) is 11.4 Å². The van der Waals surface area contributed by atoms with Gasteiger partial charge in [0.25, 0.3) is 0 Å². The van der Waals surface area contributed by atoms with E-state index in [4.69, 9.17) is 11.6 Å². The monoisotopic (exact) mass is 436 g/mol. The first-order chi connectivity index (χ1) is 13.8. The molecule has 1 aliphatic heterocycles. The Kier molecular flexibility index (Phi) is 6.79.